The van der Waals surface area contributed by atoms with Crippen LogP contribution in [0.2, 0.25) is 0 Å². The van der Waals surface area contributed by atoms with Crippen molar-refractivity contribution in [3.05, 3.63) is 94.7 Å². The molecule has 5 rings (SSSR count). The summed E-state index contributed by atoms with van der Waals surface area (Å²) < 4.78 is 5.00. The summed E-state index contributed by atoms with van der Waals surface area (Å²) in [5, 5.41) is 5.51. The summed E-state index contributed by atoms with van der Waals surface area (Å²) in [6.45, 7) is 6.23. The number of benzene rings is 3. The van der Waals surface area contributed by atoms with E-state index in [0.717, 1.165) is 29.6 Å². The van der Waals surface area contributed by atoms with Crippen LogP contribution in [0.4, 0.5) is 22.7 Å². The van der Waals surface area contributed by atoms with E-state index in [1.807, 2.05) is 24.3 Å². The molecule has 9 nitrogen and oxygen atoms in total. The van der Waals surface area contributed by atoms with Gasteiger partial charge in [-0.2, -0.15) is 0 Å². The fourth-order valence-corrected chi connectivity index (χ4v) is 5.12. The van der Waals surface area contributed by atoms with E-state index >= 15 is 0 Å². The molecule has 3 aromatic rings. The van der Waals surface area contributed by atoms with Crippen LogP contribution < -0.4 is 20.4 Å². The summed E-state index contributed by atoms with van der Waals surface area (Å²) in [6, 6.07) is 20.3. The highest BCUT2D eigenvalue weighted by molar-refractivity contribution is 6.53. The first kappa shape index (κ1) is 28.9. The molecule has 2 N–H and O–H groups in total. The van der Waals surface area contributed by atoms with E-state index in [1.165, 1.54) is 31.0 Å². The predicted molar refractivity (Wildman–Crippen MR) is 163 cm³/mol. The minimum Gasteiger partial charge on any atom is -0.462 e. The second-order valence-corrected chi connectivity index (χ2v) is 10.7. The van der Waals surface area contributed by atoms with Crippen LogP contribution in [0.3, 0.4) is 0 Å². The molecule has 2 aliphatic heterocycles. The average Bonchev–Trinajstić information content (AvgIpc) is 3.21. The lowest BCUT2D eigenvalue weighted by Crippen LogP contribution is -2.32. The van der Waals surface area contributed by atoms with Gasteiger partial charge in [0, 0.05) is 35.7 Å². The molecule has 0 radical (unpaired) electrons. The van der Waals surface area contributed by atoms with Gasteiger partial charge in [-0.3, -0.25) is 14.4 Å². The molecule has 0 saturated carbocycles. The molecule has 0 spiro atoms. The zero-order valence-corrected chi connectivity index (χ0v) is 24.1. The third-order valence-corrected chi connectivity index (χ3v) is 7.68. The number of piperidine rings is 1. The van der Waals surface area contributed by atoms with Crippen molar-refractivity contribution in [2.75, 3.05) is 40.1 Å². The smallest absolute Gasteiger partial charge is 0.338 e. The highest BCUT2D eigenvalue weighted by Gasteiger charge is 2.39. The Morgan fingerprint density at radius 1 is 0.881 bits per heavy atom. The number of imide groups is 1. The Kier molecular flexibility index (Phi) is 8.59. The van der Waals surface area contributed by atoms with Gasteiger partial charge < -0.3 is 20.3 Å². The molecule has 10 heteroatoms. The number of nitrogens with one attached hydrogen (secondary N) is 2. The van der Waals surface area contributed by atoms with E-state index in [1.54, 1.807) is 37.3 Å². The van der Waals surface area contributed by atoms with Gasteiger partial charge in [-0.05, 0) is 92.4 Å². The molecule has 3 aromatic carbocycles. The molecular formula is C32H31ClN4O5. The van der Waals surface area contributed by atoms with Crippen molar-refractivity contribution in [3.8, 4) is 0 Å². The summed E-state index contributed by atoms with van der Waals surface area (Å²) in [7, 11) is 0. The second-order valence-electron chi connectivity index (χ2n) is 10.3. The molecule has 0 atom stereocenters. The van der Waals surface area contributed by atoms with Gasteiger partial charge in [0.15, 0.2) is 0 Å². The summed E-state index contributed by atoms with van der Waals surface area (Å²) >= 11 is 6.26. The Hall–Kier alpha value is -4.63. The maximum atomic E-state index is 13.2. The normalized spacial score (nSPS) is 15.7. The van der Waals surface area contributed by atoms with Gasteiger partial charge in [-0.1, -0.05) is 24.6 Å². The maximum Gasteiger partial charge on any atom is 0.338 e. The number of halogens is 1. The van der Waals surface area contributed by atoms with Crippen molar-refractivity contribution in [3.63, 3.8) is 0 Å². The van der Waals surface area contributed by atoms with Gasteiger partial charge in [-0.15, -0.1) is 0 Å². The van der Waals surface area contributed by atoms with Crippen LogP contribution in [0.25, 0.3) is 0 Å². The maximum absolute atomic E-state index is 13.2. The molecule has 3 amide bonds. The number of esters is 1. The molecule has 0 unspecified atom stereocenters. The molecular weight excluding hydrogens is 556 g/mol. The van der Waals surface area contributed by atoms with Crippen molar-refractivity contribution in [2.24, 2.45) is 5.92 Å². The Labute approximate surface area is 249 Å². The molecule has 42 heavy (non-hydrogen) atoms. The number of anilines is 4. The lowest BCUT2D eigenvalue weighted by Gasteiger charge is -2.32. The first-order chi connectivity index (χ1) is 20.2. The molecule has 0 bridgehead atoms. The molecule has 2 aliphatic rings. The van der Waals surface area contributed by atoms with Crippen LogP contribution in [0.5, 0.6) is 0 Å². The fourth-order valence-electron chi connectivity index (χ4n) is 4.91. The highest BCUT2D eigenvalue weighted by Crippen LogP contribution is 2.31. The van der Waals surface area contributed by atoms with E-state index in [2.05, 4.69) is 22.5 Å². The van der Waals surface area contributed by atoms with Gasteiger partial charge in [0.25, 0.3) is 17.7 Å². The lowest BCUT2D eigenvalue weighted by molar-refractivity contribution is -0.120. The van der Waals surface area contributed by atoms with Crippen LogP contribution in [0.1, 0.15) is 47.4 Å². The Balaban J connectivity index is 1.22. The van der Waals surface area contributed by atoms with Gasteiger partial charge >= 0.3 is 5.97 Å². The van der Waals surface area contributed by atoms with E-state index in [4.69, 9.17) is 16.3 Å². The monoisotopic (exact) mass is 586 g/mol. The van der Waals surface area contributed by atoms with Crippen LogP contribution in [-0.2, 0) is 14.3 Å². The summed E-state index contributed by atoms with van der Waals surface area (Å²) in [5.41, 5.74) is 3.00. The zero-order valence-electron chi connectivity index (χ0n) is 23.4. The summed E-state index contributed by atoms with van der Waals surface area (Å²) in [6.07, 6.45) is 2.36. The second kappa shape index (κ2) is 12.5. The number of carbonyl (C=O) groups is 4. The first-order valence-electron chi connectivity index (χ1n) is 13.8. The standard InChI is InChI=1S/C32H31ClN4O5/c1-3-42-32(41)22-5-4-6-26(19-22)37-30(39)27(33)28(31(37)40)34-23-9-7-21(8-10-23)29(38)35-24-11-13-25(14-12-24)36-17-15-20(2)16-18-36/h4-14,19-20,34H,3,15-18H2,1-2H3,(H,35,38). The zero-order chi connectivity index (χ0) is 29.8. The van der Waals surface area contributed by atoms with Crippen molar-refractivity contribution >= 4 is 58.0 Å². The number of hydrogen-bond donors (Lipinski definition) is 2. The Morgan fingerprint density at radius 2 is 1.55 bits per heavy atom. The minimum atomic E-state index is -0.720. The van der Waals surface area contributed by atoms with Gasteiger partial charge in [0.2, 0.25) is 0 Å². The van der Waals surface area contributed by atoms with Gasteiger partial charge in [0.05, 0.1) is 17.9 Å². The van der Waals surface area contributed by atoms with Crippen LogP contribution in [-0.4, -0.2) is 43.4 Å². The molecule has 1 fully saturated rings. The van der Waals surface area contributed by atoms with E-state index < -0.39 is 17.8 Å². The number of rotatable bonds is 8. The summed E-state index contributed by atoms with van der Waals surface area (Å²) in [5.74, 6) is -1.48. The van der Waals surface area contributed by atoms with E-state index in [-0.39, 0.29) is 34.5 Å². The predicted octanol–water partition coefficient (Wildman–Crippen LogP) is 5.79. The van der Waals surface area contributed by atoms with Crippen molar-refractivity contribution in [2.45, 2.75) is 26.7 Å². The molecule has 0 aliphatic carbocycles. The molecule has 2 heterocycles. The average molecular weight is 587 g/mol. The van der Waals surface area contributed by atoms with E-state index in [9.17, 15) is 19.2 Å². The number of carbonyl (C=O) groups excluding carboxylic acids is 4. The van der Waals surface area contributed by atoms with Crippen molar-refractivity contribution < 1.29 is 23.9 Å². The van der Waals surface area contributed by atoms with Crippen LogP contribution in [0.15, 0.2) is 83.5 Å². The van der Waals surface area contributed by atoms with Gasteiger partial charge in [-0.25, -0.2) is 9.69 Å². The lowest BCUT2D eigenvalue weighted by atomic mass is 9.99. The van der Waals surface area contributed by atoms with Crippen LogP contribution in [0, 0.1) is 5.92 Å². The molecule has 216 valence electrons. The number of nitrogens with zero attached hydrogens (tertiary/aromatic N) is 2. The topological polar surface area (TPSA) is 108 Å². The van der Waals surface area contributed by atoms with Crippen LogP contribution >= 0.6 is 11.6 Å². The highest BCUT2D eigenvalue weighted by atomic mass is 35.5. The Morgan fingerprint density at radius 3 is 2.21 bits per heavy atom. The van der Waals surface area contributed by atoms with Crippen molar-refractivity contribution in [1.29, 1.82) is 0 Å². The molecule has 1 saturated heterocycles. The number of amides is 3. The first-order valence-corrected chi connectivity index (χ1v) is 14.2. The van der Waals surface area contributed by atoms with Gasteiger partial charge in [0.1, 0.15) is 10.7 Å². The quantitative estimate of drug-likeness (QED) is 0.254. The number of ether oxygens (including phenoxy) is 1. The molecule has 0 aromatic heterocycles. The minimum absolute atomic E-state index is 0.108. The third-order valence-electron chi connectivity index (χ3n) is 7.33. The third kappa shape index (κ3) is 6.16. The largest absolute Gasteiger partial charge is 0.462 e. The number of hydrogen-bond acceptors (Lipinski definition) is 7. The van der Waals surface area contributed by atoms with E-state index in [0.29, 0.717) is 16.9 Å². The fraction of sp³-hybridized carbons (Fsp3) is 0.250. The summed E-state index contributed by atoms with van der Waals surface area (Å²) in [4.78, 5) is 54.3. The van der Waals surface area contributed by atoms with Crippen molar-refractivity contribution in [1.82, 2.24) is 0 Å². The SMILES string of the molecule is CCOC(=O)c1cccc(N2C(=O)C(Cl)=C(Nc3ccc(C(=O)Nc4ccc(N5CCC(C)CC5)cc4)cc3)C2=O)c1. The Bertz CT molecular complexity index is 1540.